The predicted octanol–water partition coefficient (Wildman–Crippen LogP) is 13.8. The first-order chi connectivity index (χ1) is 27.1. The molecule has 0 fully saturated rings. The number of unbranched alkanes of at least 4 members (excludes halogenated alkanes) is 23. The molecule has 0 aliphatic rings. The van der Waals surface area contributed by atoms with Crippen LogP contribution in [0.4, 0.5) is 0 Å². The van der Waals surface area contributed by atoms with Crippen molar-refractivity contribution in [1.29, 1.82) is 0 Å². The van der Waals surface area contributed by atoms with Crippen LogP contribution in [0.1, 0.15) is 200 Å². The normalized spacial score (nSPS) is 14.0. The summed E-state index contributed by atoms with van der Waals surface area (Å²) in [6, 6.07) is 0. The molecule has 330 valence electrons. The fourth-order valence-corrected chi connectivity index (χ4v) is 7.02. The lowest BCUT2D eigenvalue weighted by molar-refractivity contribution is -0.870. The predicted molar refractivity (Wildman–Crippen MR) is 238 cm³/mol. The van der Waals surface area contributed by atoms with E-state index in [1.165, 1.54) is 135 Å². The second kappa shape index (κ2) is 40.5. The maximum absolute atomic E-state index is 12.7. The Bertz CT molecular complexity index is 994. The van der Waals surface area contributed by atoms with E-state index in [-0.39, 0.29) is 25.8 Å². The highest BCUT2D eigenvalue weighted by Crippen LogP contribution is 2.43. The lowest BCUT2D eigenvalue weighted by atomic mass is 10.1. The minimum absolute atomic E-state index is 0.0855. The average Bonchev–Trinajstić information content (AvgIpc) is 3.15. The van der Waals surface area contributed by atoms with Crippen LogP contribution in [0.15, 0.2) is 36.5 Å². The molecule has 0 aromatic carbocycles. The highest BCUT2D eigenvalue weighted by molar-refractivity contribution is 7.47. The first-order valence-corrected chi connectivity index (χ1v) is 24.7. The molecule has 9 heteroatoms. The summed E-state index contributed by atoms with van der Waals surface area (Å²) in [6.07, 6.45) is 47.4. The highest BCUT2D eigenvalue weighted by atomic mass is 31.2. The summed E-state index contributed by atoms with van der Waals surface area (Å²) in [5.74, 6) is -0.321. The Morgan fingerprint density at radius 1 is 0.554 bits per heavy atom. The second-order valence-electron chi connectivity index (χ2n) is 16.8. The fourth-order valence-electron chi connectivity index (χ4n) is 6.28. The molecule has 56 heavy (non-hydrogen) atoms. The Morgan fingerprint density at radius 3 is 1.48 bits per heavy atom. The maximum atomic E-state index is 12.7. The standard InChI is InChI=1S/C47H90NO7P/c1-6-8-10-12-14-16-18-20-22-24-26-28-30-32-34-36-38-40-47(49)55-46(45-54-56(50,51)53-43-41-48(3,4)5)44-52-42-39-37-35-33-31-29-27-25-23-21-19-17-15-13-11-9-7-2/h17,19-20,22-23,25,46H,6-16,18,21,24,26-45H2,1-5H3/p+1/b19-17-,22-20-,25-23-. The van der Waals surface area contributed by atoms with Gasteiger partial charge in [0, 0.05) is 13.0 Å². The molecule has 0 aliphatic carbocycles. The quantitative estimate of drug-likeness (QED) is 0.0215. The van der Waals surface area contributed by atoms with E-state index in [1.807, 2.05) is 21.1 Å². The van der Waals surface area contributed by atoms with E-state index in [1.54, 1.807) is 0 Å². The van der Waals surface area contributed by atoms with E-state index in [0.29, 0.717) is 24.1 Å². The number of hydrogen-bond acceptors (Lipinski definition) is 6. The topological polar surface area (TPSA) is 91.3 Å². The monoisotopic (exact) mass is 813 g/mol. The second-order valence-corrected chi connectivity index (χ2v) is 18.2. The van der Waals surface area contributed by atoms with E-state index in [4.69, 9.17) is 18.5 Å². The number of hydrogen-bond donors (Lipinski definition) is 1. The summed E-state index contributed by atoms with van der Waals surface area (Å²) in [5, 5.41) is 0. The van der Waals surface area contributed by atoms with Crippen molar-refractivity contribution >= 4 is 13.8 Å². The van der Waals surface area contributed by atoms with Gasteiger partial charge >= 0.3 is 13.8 Å². The summed E-state index contributed by atoms with van der Waals surface area (Å²) in [4.78, 5) is 22.9. The van der Waals surface area contributed by atoms with Crippen LogP contribution in [0.5, 0.6) is 0 Å². The van der Waals surface area contributed by atoms with Gasteiger partial charge in [-0.15, -0.1) is 0 Å². The Balaban J connectivity index is 4.23. The van der Waals surface area contributed by atoms with Gasteiger partial charge in [0.15, 0.2) is 0 Å². The fraction of sp³-hybridized carbons (Fsp3) is 0.851. The smallest absolute Gasteiger partial charge is 0.457 e. The van der Waals surface area contributed by atoms with Crippen LogP contribution in [0, 0.1) is 0 Å². The average molecular weight is 813 g/mol. The van der Waals surface area contributed by atoms with Crippen LogP contribution in [-0.2, 0) is 27.9 Å². The number of nitrogens with zero attached hydrogens (tertiary/aromatic N) is 1. The van der Waals surface area contributed by atoms with Crippen molar-refractivity contribution in [2.24, 2.45) is 0 Å². The van der Waals surface area contributed by atoms with Crippen LogP contribution < -0.4 is 0 Å². The molecule has 0 aliphatic heterocycles. The van der Waals surface area contributed by atoms with Crippen LogP contribution in [0.25, 0.3) is 0 Å². The van der Waals surface area contributed by atoms with Gasteiger partial charge in [0.25, 0.3) is 0 Å². The molecule has 8 nitrogen and oxygen atoms in total. The van der Waals surface area contributed by atoms with Gasteiger partial charge in [0.05, 0.1) is 34.4 Å². The summed E-state index contributed by atoms with van der Waals surface area (Å²) in [6.45, 7) is 5.59. The van der Waals surface area contributed by atoms with Crippen LogP contribution >= 0.6 is 7.82 Å². The zero-order valence-electron chi connectivity index (χ0n) is 37.4. The molecule has 0 rings (SSSR count). The number of phosphoric ester groups is 1. The van der Waals surface area contributed by atoms with Gasteiger partial charge in [-0.1, -0.05) is 159 Å². The highest BCUT2D eigenvalue weighted by Gasteiger charge is 2.26. The zero-order chi connectivity index (χ0) is 41.3. The van der Waals surface area contributed by atoms with E-state index >= 15 is 0 Å². The maximum Gasteiger partial charge on any atom is 0.472 e. The summed E-state index contributed by atoms with van der Waals surface area (Å²) < 4.78 is 35.0. The van der Waals surface area contributed by atoms with Gasteiger partial charge in [-0.3, -0.25) is 13.8 Å². The lowest BCUT2D eigenvalue weighted by Gasteiger charge is -2.24. The molecule has 2 atom stereocenters. The van der Waals surface area contributed by atoms with Gasteiger partial charge in [-0.25, -0.2) is 4.57 Å². The van der Waals surface area contributed by atoms with Crippen molar-refractivity contribution in [2.45, 2.75) is 206 Å². The third-order valence-corrected chi connectivity index (χ3v) is 10.9. The molecular weight excluding hydrogens is 721 g/mol. The molecule has 0 radical (unpaired) electrons. The molecule has 2 unspecified atom stereocenters. The van der Waals surface area contributed by atoms with Crippen LogP contribution in [-0.4, -0.2) is 75.6 Å². The number of phosphoric acid groups is 1. The minimum Gasteiger partial charge on any atom is -0.457 e. The van der Waals surface area contributed by atoms with Gasteiger partial charge in [-0.2, -0.15) is 0 Å². The molecule has 0 aromatic rings. The van der Waals surface area contributed by atoms with Crippen LogP contribution in [0.2, 0.25) is 0 Å². The summed E-state index contributed by atoms with van der Waals surface area (Å²) >= 11 is 0. The number of carbonyl (C=O) groups excluding carboxylic acids is 1. The zero-order valence-corrected chi connectivity index (χ0v) is 38.3. The van der Waals surface area contributed by atoms with Gasteiger partial charge in [0.2, 0.25) is 0 Å². The van der Waals surface area contributed by atoms with E-state index < -0.39 is 13.9 Å². The number of rotatable bonds is 43. The third kappa shape index (κ3) is 43.8. The van der Waals surface area contributed by atoms with E-state index in [9.17, 15) is 14.3 Å². The van der Waals surface area contributed by atoms with Gasteiger partial charge < -0.3 is 18.9 Å². The summed E-state index contributed by atoms with van der Waals surface area (Å²) in [5.41, 5.74) is 0. The number of ether oxygens (including phenoxy) is 2. The number of likely N-dealkylation sites (N-methyl/N-ethyl adjacent to an activating group) is 1. The molecule has 0 saturated carbocycles. The third-order valence-electron chi connectivity index (χ3n) is 9.92. The van der Waals surface area contributed by atoms with Crippen molar-refractivity contribution in [2.75, 3.05) is 54.1 Å². The lowest BCUT2D eigenvalue weighted by Crippen LogP contribution is -2.37. The molecule has 0 bridgehead atoms. The van der Waals surface area contributed by atoms with Crippen molar-refractivity contribution in [3.63, 3.8) is 0 Å². The van der Waals surface area contributed by atoms with Gasteiger partial charge in [0.1, 0.15) is 19.3 Å². The van der Waals surface area contributed by atoms with Crippen molar-refractivity contribution in [1.82, 2.24) is 0 Å². The molecule has 1 N–H and O–H groups in total. The summed E-state index contributed by atoms with van der Waals surface area (Å²) in [7, 11) is 1.66. The molecule has 0 saturated heterocycles. The van der Waals surface area contributed by atoms with Gasteiger partial charge in [-0.05, 0) is 70.6 Å². The Labute approximate surface area is 346 Å². The largest absolute Gasteiger partial charge is 0.472 e. The Hall–Kier alpha value is -1.28. The van der Waals surface area contributed by atoms with Crippen molar-refractivity contribution in [3.8, 4) is 0 Å². The van der Waals surface area contributed by atoms with Crippen molar-refractivity contribution in [3.05, 3.63) is 36.5 Å². The Morgan fingerprint density at radius 2 is 0.982 bits per heavy atom. The first kappa shape index (κ1) is 54.7. The van der Waals surface area contributed by atoms with Crippen molar-refractivity contribution < 1.29 is 37.3 Å². The number of quaternary nitrogens is 1. The SMILES string of the molecule is CCCCCC/C=C\C/C=C\CCCCCCCCOCC(COP(=O)(O)OCC[N+](C)(C)C)OC(=O)CCCCCCCCC/C=C\CCCCCCCC. The van der Waals surface area contributed by atoms with E-state index in [0.717, 1.165) is 44.9 Å². The molecule has 0 heterocycles. The number of esters is 1. The van der Waals surface area contributed by atoms with Crippen LogP contribution in [0.3, 0.4) is 0 Å². The minimum atomic E-state index is -4.28. The molecule has 0 spiro atoms. The number of allylic oxidation sites excluding steroid dienone is 6. The Kier molecular flexibility index (Phi) is 39.6. The van der Waals surface area contributed by atoms with E-state index in [2.05, 4.69) is 50.3 Å². The first-order valence-electron chi connectivity index (χ1n) is 23.2. The molecule has 0 amide bonds. The number of carbonyl (C=O) groups is 1. The molecular formula is C47H91NO7P+. The molecule has 0 aromatic heterocycles.